The first kappa shape index (κ1) is 14.4. The van der Waals surface area contributed by atoms with Crippen LogP contribution < -0.4 is 5.32 Å². The van der Waals surface area contributed by atoms with Gasteiger partial charge in [-0.3, -0.25) is 14.8 Å². The molecule has 0 saturated heterocycles. The highest BCUT2D eigenvalue weighted by Gasteiger charge is 2.26. The molecule has 1 amide bonds. The molecule has 0 bridgehead atoms. The summed E-state index contributed by atoms with van der Waals surface area (Å²) in [5, 5.41) is 10.2. The van der Waals surface area contributed by atoms with Crippen molar-refractivity contribution in [3.8, 4) is 21.7 Å². The largest absolute Gasteiger partial charge is 0.296 e. The standard InChI is InChI=1S/C19H14N4OS/c1-2-23-10-9-14(22-23)18(24)21-19-20-16-12-7-3-5-11-6-4-8-13(15(11)12)17(16)25-19/h3-10H,2H2,1H3,(H,20,21,24). The Morgan fingerprint density at radius 3 is 2.72 bits per heavy atom. The van der Waals surface area contributed by atoms with Gasteiger partial charge in [0.1, 0.15) is 0 Å². The summed E-state index contributed by atoms with van der Waals surface area (Å²) in [5.41, 5.74) is 3.68. The lowest BCUT2D eigenvalue weighted by Gasteiger charge is -2.02. The van der Waals surface area contributed by atoms with Crippen molar-refractivity contribution in [1.29, 1.82) is 0 Å². The molecule has 5 rings (SSSR count). The van der Waals surface area contributed by atoms with Crippen molar-refractivity contribution in [3.63, 3.8) is 0 Å². The van der Waals surface area contributed by atoms with E-state index in [9.17, 15) is 4.79 Å². The minimum Gasteiger partial charge on any atom is -0.296 e. The molecule has 0 saturated carbocycles. The maximum absolute atomic E-state index is 12.4. The summed E-state index contributed by atoms with van der Waals surface area (Å²) >= 11 is 1.51. The smallest absolute Gasteiger partial charge is 0.277 e. The van der Waals surface area contributed by atoms with E-state index in [1.807, 2.05) is 13.0 Å². The summed E-state index contributed by atoms with van der Waals surface area (Å²) in [6, 6.07) is 14.3. The normalized spacial score (nSPS) is 11.7. The average molecular weight is 346 g/mol. The fraction of sp³-hybridized carbons (Fsp3) is 0.105. The first-order valence-corrected chi connectivity index (χ1v) is 8.94. The Hall–Kier alpha value is -2.99. The molecular weight excluding hydrogens is 332 g/mol. The van der Waals surface area contributed by atoms with Crippen molar-refractivity contribution >= 4 is 33.1 Å². The summed E-state index contributed by atoms with van der Waals surface area (Å²) in [4.78, 5) is 18.2. The summed E-state index contributed by atoms with van der Waals surface area (Å²) < 4.78 is 1.73. The van der Waals surface area contributed by atoms with Crippen molar-refractivity contribution in [1.82, 2.24) is 14.8 Å². The second-order valence-corrected chi connectivity index (χ2v) is 6.92. The molecule has 2 heterocycles. The molecule has 25 heavy (non-hydrogen) atoms. The Balaban J connectivity index is 1.52. The van der Waals surface area contributed by atoms with E-state index in [1.165, 1.54) is 27.7 Å². The highest BCUT2D eigenvalue weighted by molar-refractivity contribution is 7.20. The Labute approximate surface area is 147 Å². The van der Waals surface area contributed by atoms with Gasteiger partial charge in [0.25, 0.3) is 5.91 Å². The van der Waals surface area contributed by atoms with E-state index in [4.69, 9.17) is 0 Å². The lowest BCUT2D eigenvalue weighted by Crippen LogP contribution is -2.13. The van der Waals surface area contributed by atoms with Crippen molar-refractivity contribution < 1.29 is 4.79 Å². The van der Waals surface area contributed by atoms with Gasteiger partial charge in [-0.2, -0.15) is 5.10 Å². The van der Waals surface area contributed by atoms with Gasteiger partial charge in [0.05, 0.1) is 10.6 Å². The maximum atomic E-state index is 12.4. The lowest BCUT2D eigenvalue weighted by atomic mass is 10.0. The van der Waals surface area contributed by atoms with Crippen LogP contribution in [0.25, 0.3) is 32.5 Å². The molecular formula is C19H14N4OS. The van der Waals surface area contributed by atoms with E-state index >= 15 is 0 Å². The van der Waals surface area contributed by atoms with Crippen LogP contribution in [0.1, 0.15) is 17.4 Å². The molecule has 0 atom stereocenters. The second-order valence-electron chi connectivity index (χ2n) is 5.92. The van der Waals surface area contributed by atoms with Gasteiger partial charge in [-0.05, 0) is 23.8 Å². The monoisotopic (exact) mass is 346 g/mol. The molecule has 2 aromatic carbocycles. The van der Waals surface area contributed by atoms with Gasteiger partial charge in [0.15, 0.2) is 10.8 Å². The molecule has 0 fully saturated rings. The highest BCUT2D eigenvalue weighted by Crippen LogP contribution is 2.50. The molecule has 1 N–H and O–H groups in total. The molecule has 0 unspecified atom stereocenters. The molecule has 1 aliphatic carbocycles. The summed E-state index contributed by atoms with van der Waals surface area (Å²) in [6.45, 7) is 2.72. The number of aryl methyl sites for hydroxylation is 1. The maximum Gasteiger partial charge on any atom is 0.277 e. The zero-order valence-corrected chi connectivity index (χ0v) is 14.3. The summed E-state index contributed by atoms with van der Waals surface area (Å²) in [6.07, 6.45) is 1.80. The van der Waals surface area contributed by atoms with Gasteiger partial charge in [-0.1, -0.05) is 47.7 Å². The third-order valence-corrected chi connectivity index (χ3v) is 5.45. The highest BCUT2D eigenvalue weighted by atomic mass is 32.1. The molecule has 4 aromatic rings. The van der Waals surface area contributed by atoms with Gasteiger partial charge in [-0.25, -0.2) is 4.98 Å². The van der Waals surface area contributed by atoms with E-state index in [0.29, 0.717) is 10.8 Å². The first-order chi connectivity index (χ1) is 12.2. The van der Waals surface area contributed by atoms with Crippen LogP contribution in [-0.2, 0) is 6.54 Å². The average Bonchev–Trinajstić information content (AvgIpc) is 3.32. The second kappa shape index (κ2) is 5.26. The molecule has 0 radical (unpaired) electrons. The van der Waals surface area contributed by atoms with E-state index in [-0.39, 0.29) is 5.91 Å². The molecule has 0 spiro atoms. The number of benzene rings is 2. The summed E-state index contributed by atoms with van der Waals surface area (Å²) in [7, 11) is 0. The number of aromatic nitrogens is 3. The van der Waals surface area contributed by atoms with Gasteiger partial charge < -0.3 is 0 Å². The van der Waals surface area contributed by atoms with E-state index in [2.05, 4.69) is 45.7 Å². The Morgan fingerprint density at radius 1 is 1.16 bits per heavy atom. The van der Waals surface area contributed by atoms with Crippen molar-refractivity contribution in [2.45, 2.75) is 13.5 Å². The third-order valence-electron chi connectivity index (χ3n) is 4.45. The number of amides is 1. The minimum atomic E-state index is -0.230. The minimum absolute atomic E-state index is 0.230. The van der Waals surface area contributed by atoms with Crippen LogP contribution in [0.5, 0.6) is 0 Å². The van der Waals surface area contributed by atoms with Crippen LogP contribution in [0, 0.1) is 0 Å². The Bertz CT molecular complexity index is 1090. The SMILES string of the molecule is CCn1ccc(C(=O)Nc2nc3c(s2)-c2cccc4cccc-3c24)n1. The number of nitrogens with zero attached hydrogens (tertiary/aromatic N) is 3. The number of carbonyl (C=O) groups is 1. The van der Waals surface area contributed by atoms with E-state index in [0.717, 1.165) is 22.7 Å². The molecule has 5 nitrogen and oxygen atoms in total. The van der Waals surface area contributed by atoms with Crippen molar-refractivity contribution in [2.75, 3.05) is 5.32 Å². The number of hydrogen-bond donors (Lipinski definition) is 1. The molecule has 6 heteroatoms. The fourth-order valence-corrected chi connectivity index (χ4v) is 4.29. The Morgan fingerprint density at radius 2 is 1.96 bits per heavy atom. The number of hydrogen-bond acceptors (Lipinski definition) is 4. The molecule has 122 valence electrons. The van der Waals surface area contributed by atoms with Gasteiger partial charge in [0.2, 0.25) is 0 Å². The van der Waals surface area contributed by atoms with Crippen LogP contribution in [0.2, 0.25) is 0 Å². The summed E-state index contributed by atoms with van der Waals surface area (Å²) in [5.74, 6) is -0.230. The lowest BCUT2D eigenvalue weighted by molar-refractivity contribution is 0.102. The predicted octanol–water partition coefficient (Wildman–Crippen LogP) is 4.41. The van der Waals surface area contributed by atoms with Crippen LogP contribution in [0.4, 0.5) is 5.13 Å². The zero-order chi connectivity index (χ0) is 17.0. The van der Waals surface area contributed by atoms with E-state index in [1.54, 1.807) is 16.9 Å². The molecule has 2 aromatic heterocycles. The topological polar surface area (TPSA) is 59.8 Å². The fourth-order valence-electron chi connectivity index (χ4n) is 3.29. The zero-order valence-electron chi connectivity index (χ0n) is 13.5. The number of nitrogens with one attached hydrogen (secondary N) is 1. The predicted molar refractivity (Wildman–Crippen MR) is 99.9 cm³/mol. The number of fused-ring (bicyclic) bond motifs is 3. The van der Waals surface area contributed by atoms with Crippen molar-refractivity contribution in [2.24, 2.45) is 0 Å². The van der Waals surface area contributed by atoms with Gasteiger partial charge >= 0.3 is 0 Å². The molecule has 0 aliphatic heterocycles. The van der Waals surface area contributed by atoms with Crippen LogP contribution in [-0.4, -0.2) is 20.7 Å². The number of thiazole rings is 1. The number of rotatable bonds is 3. The van der Waals surface area contributed by atoms with Crippen LogP contribution in [0.15, 0.2) is 48.7 Å². The quantitative estimate of drug-likeness (QED) is 0.526. The van der Waals surface area contributed by atoms with Crippen molar-refractivity contribution in [3.05, 3.63) is 54.4 Å². The van der Waals surface area contributed by atoms with Gasteiger partial charge in [-0.15, -0.1) is 0 Å². The first-order valence-electron chi connectivity index (χ1n) is 8.12. The molecule has 1 aliphatic rings. The van der Waals surface area contributed by atoms with Gasteiger partial charge in [0, 0.05) is 23.9 Å². The van der Waals surface area contributed by atoms with E-state index < -0.39 is 0 Å². The third kappa shape index (κ3) is 2.11. The number of carbonyl (C=O) groups excluding carboxylic acids is 1. The number of anilines is 1. The Kier molecular flexibility index (Phi) is 3.02. The van der Waals surface area contributed by atoms with Crippen LogP contribution in [0.3, 0.4) is 0 Å². The van der Waals surface area contributed by atoms with Crippen LogP contribution >= 0.6 is 11.3 Å².